The molecule has 0 aromatic rings. The van der Waals surface area contributed by atoms with Gasteiger partial charge in [-0.3, -0.25) is 9.69 Å². The van der Waals surface area contributed by atoms with E-state index >= 15 is 0 Å². The first kappa shape index (κ1) is 15.4. The summed E-state index contributed by atoms with van der Waals surface area (Å²) >= 11 is 0. The Balaban J connectivity index is 2.19. The van der Waals surface area contributed by atoms with Gasteiger partial charge in [0.05, 0.1) is 19.8 Å². The van der Waals surface area contributed by atoms with Crippen LogP contribution >= 0.6 is 0 Å². The summed E-state index contributed by atoms with van der Waals surface area (Å²) in [7, 11) is 1.96. The van der Waals surface area contributed by atoms with Gasteiger partial charge in [0.15, 0.2) is 6.29 Å². The minimum Gasteiger partial charge on any atom is -0.353 e. The topological polar surface area (TPSA) is 42.0 Å². The lowest BCUT2D eigenvalue weighted by Gasteiger charge is -2.26. The number of hydrogen-bond donors (Lipinski definition) is 0. The second kappa shape index (κ2) is 8.45. The maximum absolute atomic E-state index is 11.9. The normalized spacial score (nSPS) is 17.1. The van der Waals surface area contributed by atoms with Crippen LogP contribution in [0.1, 0.15) is 26.7 Å². The summed E-state index contributed by atoms with van der Waals surface area (Å²) in [6.07, 6.45) is 1.71. The van der Waals surface area contributed by atoms with Gasteiger partial charge in [-0.1, -0.05) is 0 Å². The van der Waals surface area contributed by atoms with E-state index in [1.807, 2.05) is 30.7 Å². The van der Waals surface area contributed by atoms with Crippen LogP contribution in [0.15, 0.2) is 0 Å². The maximum Gasteiger partial charge on any atom is 0.236 e. The van der Waals surface area contributed by atoms with Crippen LogP contribution in [0.4, 0.5) is 0 Å². The molecule has 0 N–H and O–H groups in total. The van der Waals surface area contributed by atoms with Crippen LogP contribution in [0.2, 0.25) is 0 Å². The summed E-state index contributed by atoms with van der Waals surface area (Å²) in [6, 6.07) is 0. The Morgan fingerprint density at radius 2 is 1.83 bits per heavy atom. The molecule has 0 radical (unpaired) electrons. The molecule has 0 saturated carbocycles. The SMILES string of the molecule is CCN(CC)C(=O)CN(C)CCC1OCCCO1. The van der Waals surface area contributed by atoms with Gasteiger partial charge in [0.1, 0.15) is 0 Å². The molecule has 0 atom stereocenters. The second-order valence-electron chi connectivity index (χ2n) is 4.62. The Morgan fingerprint density at radius 3 is 2.39 bits per heavy atom. The van der Waals surface area contributed by atoms with Crippen molar-refractivity contribution in [3.63, 3.8) is 0 Å². The minimum atomic E-state index is -0.0928. The first-order valence-electron chi connectivity index (χ1n) is 6.86. The number of amides is 1. The molecule has 18 heavy (non-hydrogen) atoms. The van der Waals surface area contributed by atoms with Gasteiger partial charge in [-0.2, -0.15) is 0 Å². The highest BCUT2D eigenvalue weighted by atomic mass is 16.7. The Bertz CT molecular complexity index is 238. The maximum atomic E-state index is 11.9. The third-order valence-corrected chi connectivity index (χ3v) is 3.16. The Morgan fingerprint density at radius 1 is 1.22 bits per heavy atom. The van der Waals surface area contributed by atoms with E-state index in [4.69, 9.17) is 9.47 Å². The van der Waals surface area contributed by atoms with Crippen molar-refractivity contribution in [2.75, 3.05) is 46.4 Å². The Hall–Kier alpha value is -0.650. The Kier molecular flexibility index (Phi) is 7.23. The van der Waals surface area contributed by atoms with E-state index in [1.165, 1.54) is 0 Å². The van der Waals surface area contributed by atoms with Crippen molar-refractivity contribution in [2.24, 2.45) is 0 Å². The van der Waals surface area contributed by atoms with Gasteiger partial charge in [0.25, 0.3) is 0 Å². The van der Waals surface area contributed by atoms with Crippen LogP contribution in [-0.4, -0.2) is 68.4 Å². The molecule has 0 bridgehead atoms. The van der Waals surface area contributed by atoms with Gasteiger partial charge >= 0.3 is 0 Å². The van der Waals surface area contributed by atoms with E-state index < -0.39 is 0 Å². The minimum absolute atomic E-state index is 0.0928. The lowest BCUT2D eigenvalue weighted by molar-refractivity contribution is -0.182. The quantitative estimate of drug-likeness (QED) is 0.681. The molecule has 106 valence electrons. The summed E-state index contributed by atoms with van der Waals surface area (Å²) in [5.74, 6) is 0.188. The highest BCUT2D eigenvalue weighted by molar-refractivity contribution is 5.78. The summed E-state index contributed by atoms with van der Waals surface area (Å²) < 4.78 is 11.0. The van der Waals surface area contributed by atoms with E-state index in [-0.39, 0.29) is 12.2 Å². The molecular weight excluding hydrogens is 232 g/mol. The lowest BCUT2D eigenvalue weighted by atomic mass is 10.3. The molecule has 5 heteroatoms. The lowest BCUT2D eigenvalue weighted by Crippen LogP contribution is -2.40. The number of hydrogen-bond acceptors (Lipinski definition) is 4. The predicted octanol–water partition coefficient (Wildman–Crippen LogP) is 0.940. The van der Waals surface area contributed by atoms with Crippen molar-refractivity contribution >= 4 is 5.91 Å². The highest BCUT2D eigenvalue weighted by Crippen LogP contribution is 2.08. The predicted molar refractivity (Wildman–Crippen MR) is 70.4 cm³/mol. The van der Waals surface area contributed by atoms with Crippen molar-refractivity contribution in [3.8, 4) is 0 Å². The monoisotopic (exact) mass is 258 g/mol. The molecular formula is C13H26N2O3. The smallest absolute Gasteiger partial charge is 0.236 e. The van der Waals surface area contributed by atoms with Crippen LogP contribution in [0.5, 0.6) is 0 Å². The van der Waals surface area contributed by atoms with E-state index in [2.05, 4.69) is 0 Å². The molecule has 1 amide bonds. The number of nitrogens with zero attached hydrogens (tertiary/aromatic N) is 2. The third kappa shape index (κ3) is 5.33. The summed E-state index contributed by atoms with van der Waals surface area (Å²) in [4.78, 5) is 15.8. The molecule has 1 rings (SSSR count). The number of rotatable bonds is 7. The van der Waals surface area contributed by atoms with Crippen LogP contribution in [0.3, 0.4) is 0 Å². The zero-order valence-corrected chi connectivity index (χ0v) is 11.9. The van der Waals surface area contributed by atoms with Gasteiger partial charge in [0, 0.05) is 26.1 Å². The largest absolute Gasteiger partial charge is 0.353 e. The standard InChI is InChI=1S/C13H26N2O3/c1-4-15(5-2)12(16)11-14(3)8-7-13-17-9-6-10-18-13/h13H,4-11H2,1-3H3. The first-order chi connectivity index (χ1) is 8.67. The summed E-state index contributed by atoms with van der Waals surface area (Å²) in [6.45, 7) is 8.41. The number of ether oxygens (including phenoxy) is 2. The molecule has 1 heterocycles. The molecule has 1 fully saturated rings. The van der Waals surface area contributed by atoms with E-state index in [0.717, 1.165) is 45.7 Å². The van der Waals surface area contributed by atoms with Crippen molar-refractivity contribution in [1.29, 1.82) is 0 Å². The van der Waals surface area contributed by atoms with E-state index in [0.29, 0.717) is 6.54 Å². The van der Waals surface area contributed by atoms with Crippen LogP contribution in [-0.2, 0) is 14.3 Å². The fourth-order valence-electron chi connectivity index (χ4n) is 2.02. The highest BCUT2D eigenvalue weighted by Gasteiger charge is 2.16. The van der Waals surface area contributed by atoms with Crippen LogP contribution in [0, 0.1) is 0 Å². The van der Waals surface area contributed by atoms with Crippen molar-refractivity contribution in [1.82, 2.24) is 9.80 Å². The molecule has 0 aromatic heterocycles. The van der Waals surface area contributed by atoms with Gasteiger partial charge in [-0.05, 0) is 27.3 Å². The second-order valence-corrected chi connectivity index (χ2v) is 4.62. The molecule has 1 aliphatic rings. The number of carbonyl (C=O) groups is 1. The Labute approximate surface area is 110 Å². The fourth-order valence-corrected chi connectivity index (χ4v) is 2.02. The first-order valence-corrected chi connectivity index (χ1v) is 6.86. The molecule has 0 spiro atoms. The average Bonchev–Trinajstić information content (AvgIpc) is 2.39. The molecule has 5 nitrogen and oxygen atoms in total. The van der Waals surface area contributed by atoms with E-state index in [1.54, 1.807) is 0 Å². The van der Waals surface area contributed by atoms with Gasteiger partial charge in [0.2, 0.25) is 5.91 Å². The summed E-state index contributed by atoms with van der Waals surface area (Å²) in [5, 5.41) is 0. The molecule has 0 aromatic carbocycles. The average molecular weight is 258 g/mol. The molecule has 0 unspecified atom stereocenters. The van der Waals surface area contributed by atoms with Gasteiger partial charge in [-0.25, -0.2) is 0 Å². The molecule has 0 aliphatic carbocycles. The molecule has 1 saturated heterocycles. The zero-order chi connectivity index (χ0) is 13.4. The van der Waals surface area contributed by atoms with E-state index in [9.17, 15) is 4.79 Å². The fraction of sp³-hybridized carbons (Fsp3) is 0.923. The summed E-state index contributed by atoms with van der Waals surface area (Å²) in [5.41, 5.74) is 0. The number of carbonyl (C=O) groups excluding carboxylic acids is 1. The van der Waals surface area contributed by atoms with Crippen LogP contribution in [0.25, 0.3) is 0 Å². The van der Waals surface area contributed by atoms with Crippen LogP contribution < -0.4 is 0 Å². The van der Waals surface area contributed by atoms with Crippen molar-refractivity contribution < 1.29 is 14.3 Å². The number of likely N-dealkylation sites (N-methyl/N-ethyl adjacent to an activating group) is 2. The molecule has 1 aliphatic heterocycles. The van der Waals surface area contributed by atoms with Crippen molar-refractivity contribution in [2.45, 2.75) is 33.0 Å². The third-order valence-electron chi connectivity index (χ3n) is 3.16. The van der Waals surface area contributed by atoms with Gasteiger partial charge < -0.3 is 14.4 Å². The van der Waals surface area contributed by atoms with Crippen molar-refractivity contribution in [3.05, 3.63) is 0 Å². The van der Waals surface area contributed by atoms with Gasteiger partial charge in [-0.15, -0.1) is 0 Å². The zero-order valence-electron chi connectivity index (χ0n) is 11.9.